The molecule has 8 heteroatoms. The third-order valence-corrected chi connectivity index (χ3v) is 7.33. The first-order chi connectivity index (χ1) is 12.9. The Hall–Kier alpha value is -1.90. The van der Waals surface area contributed by atoms with Crippen molar-refractivity contribution in [2.45, 2.75) is 41.9 Å². The molecule has 0 saturated carbocycles. The maximum Gasteiger partial charge on any atom is 0.244 e. The van der Waals surface area contributed by atoms with E-state index < -0.39 is 10.0 Å². The molecule has 6 nitrogen and oxygen atoms in total. The summed E-state index contributed by atoms with van der Waals surface area (Å²) in [6.45, 7) is 4.91. The number of amides is 1. The van der Waals surface area contributed by atoms with Crippen LogP contribution in [0.2, 0.25) is 0 Å². The molecule has 2 heterocycles. The lowest BCUT2D eigenvalue weighted by Gasteiger charge is -2.15. The van der Waals surface area contributed by atoms with Crippen molar-refractivity contribution in [3.63, 3.8) is 0 Å². The van der Waals surface area contributed by atoms with E-state index >= 15 is 0 Å². The lowest BCUT2D eigenvalue weighted by molar-refractivity contribution is -0.115. The Morgan fingerprint density at radius 1 is 1.15 bits per heavy atom. The molecule has 0 spiro atoms. The first-order valence-corrected chi connectivity index (χ1v) is 11.2. The van der Waals surface area contributed by atoms with Crippen molar-refractivity contribution in [1.29, 1.82) is 0 Å². The van der Waals surface area contributed by atoms with Crippen LogP contribution < -0.4 is 5.32 Å². The number of aryl methyl sites for hydroxylation is 1. The van der Waals surface area contributed by atoms with Gasteiger partial charge >= 0.3 is 0 Å². The summed E-state index contributed by atoms with van der Waals surface area (Å²) in [6.07, 6.45) is 3.17. The number of hydrogen-bond donors (Lipinski definition) is 1. The molecule has 3 rings (SSSR count). The molecular formula is C19H23N3O3S2. The summed E-state index contributed by atoms with van der Waals surface area (Å²) in [7, 11) is -3.46. The van der Waals surface area contributed by atoms with Crippen LogP contribution in [0.4, 0.5) is 5.69 Å². The van der Waals surface area contributed by atoms with E-state index in [1.54, 1.807) is 19.1 Å². The van der Waals surface area contributed by atoms with Crippen LogP contribution in [0.25, 0.3) is 0 Å². The van der Waals surface area contributed by atoms with Crippen LogP contribution in [-0.4, -0.2) is 42.0 Å². The standard InChI is InChI=1S/C19H23N3O3S2/c1-14-5-7-16(8-6-14)21-19(23)15(2)26-18-10-9-17(13-20-18)27(24,25)22-11-3-4-12-22/h5-10,13,15H,3-4,11-12H2,1-2H3,(H,21,23)/t15-/m0/s1. The minimum absolute atomic E-state index is 0.126. The summed E-state index contributed by atoms with van der Waals surface area (Å²) in [5, 5.41) is 3.12. The van der Waals surface area contributed by atoms with Gasteiger partial charge in [0, 0.05) is 25.0 Å². The monoisotopic (exact) mass is 405 g/mol. The van der Waals surface area contributed by atoms with Gasteiger partial charge in [-0.2, -0.15) is 4.31 Å². The number of nitrogens with one attached hydrogen (secondary N) is 1. The number of nitrogens with zero attached hydrogens (tertiary/aromatic N) is 2. The molecule has 144 valence electrons. The molecule has 1 saturated heterocycles. The molecule has 27 heavy (non-hydrogen) atoms. The van der Waals surface area contributed by atoms with Crippen molar-refractivity contribution < 1.29 is 13.2 Å². The molecule has 0 aliphatic carbocycles. The summed E-state index contributed by atoms with van der Waals surface area (Å²) in [5.74, 6) is -0.126. The highest BCUT2D eigenvalue weighted by molar-refractivity contribution is 8.00. The van der Waals surface area contributed by atoms with E-state index in [0.717, 1.165) is 24.1 Å². The number of anilines is 1. The third-order valence-electron chi connectivity index (χ3n) is 4.40. The van der Waals surface area contributed by atoms with Gasteiger partial charge < -0.3 is 5.32 Å². The summed E-state index contributed by atoms with van der Waals surface area (Å²) < 4.78 is 26.5. The van der Waals surface area contributed by atoms with Crippen LogP contribution in [0.3, 0.4) is 0 Å². The normalized spacial score (nSPS) is 16.2. The molecule has 1 N–H and O–H groups in total. The molecule has 2 aromatic rings. The van der Waals surface area contributed by atoms with Gasteiger partial charge in [-0.25, -0.2) is 13.4 Å². The summed E-state index contributed by atoms with van der Waals surface area (Å²) in [4.78, 5) is 16.8. The zero-order valence-corrected chi connectivity index (χ0v) is 17.0. The molecule has 1 aromatic carbocycles. The maximum atomic E-state index is 12.5. The second kappa shape index (κ2) is 8.41. The van der Waals surface area contributed by atoms with Crippen molar-refractivity contribution in [2.75, 3.05) is 18.4 Å². The summed E-state index contributed by atoms with van der Waals surface area (Å²) >= 11 is 1.29. The van der Waals surface area contributed by atoms with E-state index in [1.165, 1.54) is 22.3 Å². The van der Waals surface area contributed by atoms with Gasteiger partial charge in [-0.3, -0.25) is 4.79 Å². The van der Waals surface area contributed by atoms with Crippen LogP contribution in [0.15, 0.2) is 52.5 Å². The lowest BCUT2D eigenvalue weighted by Crippen LogP contribution is -2.28. The number of rotatable bonds is 6. The molecule has 1 aliphatic heterocycles. The number of carbonyl (C=O) groups is 1. The quantitative estimate of drug-likeness (QED) is 0.746. The number of hydrogen-bond acceptors (Lipinski definition) is 5. The minimum atomic E-state index is -3.46. The van der Waals surface area contributed by atoms with Crippen LogP contribution >= 0.6 is 11.8 Å². The van der Waals surface area contributed by atoms with Crippen molar-refractivity contribution in [3.05, 3.63) is 48.2 Å². The molecule has 1 amide bonds. The Kier molecular flexibility index (Phi) is 6.18. The number of pyridine rings is 1. The Morgan fingerprint density at radius 2 is 1.81 bits per heavy atom. The lowest BCUT2D eigenvalue weighted by atomic mass is 10.2. The fourth-order valence-corrected chi connectivity index (χ4v) is 5.03. The van der Waals surface area contributed by atoms with Crippen molar-refractivity contribution in [3.8, 4) is 0 Å². The Balaban J connectivity index is 1.61. The van der Waals surface area contributed by atoms with Crippen LogP contribution in [0.1, 0.15) is 25.3 Å². The van der Waals surface area contributed by atoms with Crippen molar-refractivity contribution in [2.24, 2.45) is 0 Å². The van der Waals surface area contributed by atoms with Gasteiger partial charge in [-0.15, -0.1) is 0 Å². The van der Waals surface area contributed by atoms with Gasteiger partial charge in [0.05, 0.1) is 10.3 Å². The fourth-order valence-electron chi connectivity index (χ4n) is 2.78. The number of aromatic nitrogens is 1. The van der Waals surface area contributed by atoms with Crippen molar-refractivity contribution >= 4 is 33.4 Å². The van der Waals surface area contributed by atoms with E-state index in [4.69, 9.17) is 0 Å². The SMILES string of the molecule is Cc1ccc(NC(=O)[C@H](C)Sc2ccc(S(=O)(=O)N3CCCC3)cn2)cc1. The molecule has 0 unspecified atom stereocenters. The highest BCUT2D eigenvalue weighted by atomic mass is 32.2. The average molecular weight is 406 g/mol. The molecule has 1 fully saturated rings. The van der Waals surface area contributed by atoms with Crippen LogP contribution in [-0.2, 0) is 14.8 Å². The number of thioether (sulfide) groups is 1. The predicted octanol–water partition coefficient (Wildman–Crippen LogP) is 3.29. The van der Waals surface area contributed by atoms with Gasteiger partial charge in [0.2, 0.25) is 15.9 Å². The van der Waals surface area contributed by atoms with Gasteiger partial charge in [0.25, 0.3) is 0 Å². The molecule has 0 bridgehead atoms. The van der Waals surface area contributed by atoms with E-state index in [0.29, 0.717) is 18.1 Å². The minimum Gasteiger partial charge on any atom is -0.325 e. The van der Waals surface area contributed by atoms with Crippen molar-refractivity contribution in [1.82, 2.24) is 9.29 Å². The van der Waals surface area contributed by atoms with Gasteiger partial charge in [0.1, 0.15) is 4.90 Å². The predicted molar refractivity (Wildman–Crippen MR) is 107 cm³/mol. The summed E-state index contributed by atoms with van der Waals surface area (Å²) in [5.41, 5.74) is 1.88. The smallest absolute Gasteiger partial charge is 0.244 e. The van der Waals surface area contributed by atoms with Crippen LogP contribution in [0.5, 0.6) is 0 Å². The second-order valence-corrected chi connectivity index (χ2v) is 9.86. The highest BCUT2D eigenvalue weighted by Gasteiger charge is 2.27. The largest absolute Gasteiger partial charge is 0.325 e. The number of benzene rings is 1. The zero-order valence-electron chi connectivity index (χ0n) is 15.4. The van der Waals surface area contributed by atoms with Gasteiger partial charge in [-0.05, 0) is 51.0 Å². The topological polar surface area (TPSA) is 79.4 Å². The molecule has 1 aromatic heterocycles. The third kappa shape index (κ3) is 4.88. The number of sulfonamides is 1. The maximum absolute atomic E-state index is 12.5. The Morgan fingerprint density at radius 3 is 2.41 bits per heavy atom. The first-order valence-electron chi connectivity index (χ1n) is 8.86. The van der Waals surface area contributed by atoms with Gasteiger partial charge in [0.15, 0.2) is 0 Å². The highest BCUT2D eigenvalue weighted by Crippen LogP contribution is 2.25. The first kappa shape index (κ1) is 19.9. The molecule has 1 atom stereocenters. The molecule has 0 radical (unpaired) electrons. The van der Waals surface area contributed by atoms with E-state index in [-0.39, 0.29) is 16.1 Å². The molecule has 1 aliphatic rings. The Labute approximate surface area is 164 Å². The second-order valence-electron chi connectivity index (χ2n) is 6.56. The average Bonchev–Trinajstić information content (AvgIpc) is 3.19. The van der Waals surface area contributed by atoms with Crippen LogP contribution in [0, 0.1) is 6.92 Å². The van der Waals surface area contributed by atoms with E-state index in [2.05, 4.69) is 10.3 Å². The van der Waals surface area contributed by atoms with E-state index in [1.807, 2.05) is 31.2 Å². The summed E-state index contributed by atoms with van der Waals surface area (Å²) in [6, 6.07) is 10.8. The fraction of sp³-hybridized carbons (Fsp3) is 0.368. The molecular weight excluding hydrogens is 382 g/mol. The van der Waals surface area contributed by atoms with E-state index in [9.17, 15) is 13.2 Å². The van der Waals surface area contributed by atoms with Gasteiger partial charge in [-0.1, -0.05) is 29.5 Å². The zero-order chi connectivity index (χ0) is 19.4. The Bertz CT molecular complexity index is 891. The number of carbonyl (C=O) groups excluding carboxylic acids is 1.